The van der Waals surface area contributed by atoms with Crippen LogP contribution in [0, 0.1) is 13.8 Å². The molecule has 2 N–H and O–H groups in total. The summed E-state index contributed by atoms with van der Waals surface area (Å²) in [5.74, 6) is 0.530. The number of amides is 2. The standard InChI is InChI=1S/C27H28BrN3O4/c1-18-9-10-19(2)23(13-18)30-25(32)11-12-26(33)31-29-16-21-14-22(28)27(24(15-21)34-3)35-17-20-7-5-4-6-8-20/h4-10,13-16H,11-12,17H2,1-3H3,(H,30,32)(H,31,33). The predicted octanol–water partition coefficient (Wildman–Crippen LogP) is 5.52. The number of rotatable bonds is 10. The molecule has 0 bridgehead atoms. The van der Waals surface area contributed by atoms with E-state index >= 15 is 0 Å². The lowest BCUT2D eigenvalue weighted by atomic mass is 10.1. The molecule has 0 aliphatic heterocycles. The van der Waals surface area contributed by atoms with Gasteiger partial charge in [-0.1, -0.05) is 42.5 Å². The van der Waals surface area contributed by atoms with Gasteiger partial charge in [-0.3, -0.25) is 9.59 Å². The Bertz CT molecular complexity index is 1210. The summed E-state index contributed by atoms with van der Waals surface area (Å²) in [7, 11) is 1.56. The molecule has 0 atom stereocenters. The van der Waals surface area contributed by atoms with Crippen molar-refractivity contribution >= 4 is 39.6 Å². The van der Waals surface area contributed by atoms with E-state index in [0.29, 0.717) is 28.1 Å². The van der Waals surface area contributed by atoms with E-state index in [1.165, 1.54) is 6.21 Å². The number of carbonyl (C=O) groups excluding carboxylic acids is 2. The second-order valence-electron chi connectivity index (χ2n) is 7.97. The van der Waals surface area contributed by atoms with Gasteiger partial charge in [0.15, 0.2) is 11.5 Å². The van der Waals surface area contributed by atoms with Crippen molar-refractivity contribution in [2.24, 2.45) is 5.10 Å². The average Bonchev–Trinajstić information content (AvgIpc) is 2.84. The molecule has 8 heteroatoms. The van der Waals surface area contributed by atoms with Gasteiger partial charge in [0.2, 0.25) is 11.8 Å². The van der Waals surface area contributed by atoms with Crippen molar-refractivity contribution in [3.63, 3.8) is 0 Å². The maximum atomic E-state index is 12.2. The molecule has 2 amide bonds. The van der Waals surface area contributed by atoms with Gasteiger partial charge in [0.05, 0.1) is 17.8 Å². The summed E-state index contributed by atoms with van der Waals surface area (Å²) in [4.78, 5) is 24.3. The Morgan fingerprint density at radius 3 is 2.49 bits per heavy atom. The maximum absolute atomic E-state index is 12.2. The zero-order valence-corrected chi connectivity index (χ0v) is 21.5. The topological polar surface area (TPSA) is 89.0 Å². The smallest absolute Gasteiger partial charge is 0.240 e. The van der Waals surface area contributed by atoms with Crippen LogP contribution in [0.5, 0.6) is 11.5 Å². The summed E-state index contributed by atoms with van der Waals surface area (Å²) in [6, 6.07) is 19.2. The molecule has 0 aliphatic carbocycles. The minimum atomic E-state index is -0.355. The van der Waals surface area contributed by atoms with Crippen LogP contribution in [-0.4, -0.2) is 25.1 Å². The molecular weight excluding hydrogens is 510 g/mol. The zero-order valence-electron chi connectivity index (χ0n) is 19.9. The fraction of sp³-hybridized carbons (Fsp3) is 0.222. The summed E-state index contributed by atoms with van der Waals surface area (Å²) in [5.41, 5.74) is 6.97. The third-order valence-corrected chi connectivity index (χ3v) is 5.72. The van der Waals surface area contributed by atoms with Gasteiger partial charge in [-0.2, -0.15) is 5.10 Å². The minimum Gasteiger partial charge on any atom is -0.493 e. The number of nitrogens with one attached hydrogen (secondary N) is 2. The Labute approximate surface area is 213 Å². The quantitative estimate of drug-likeness (QED) is 0.263. The Morgan fingerprint density at radius 1 is 1.00 bits per heavy atom. The molecule has 182 valence electrons. The molecule has 0 heterocycles. The number of carbonyl (C=O) groups is 2. The van der Waals surface area contributed by atoms with Crippen molar-refractivity contribution in [2.75, 3.05) is 12.4 Å². The van der Waals surface area contributed by atoms with E-state index in [9.17, 15) is 9.59 Å². The first kappa shape index (κ1) is 26.0. The number of hydrogen-bond acceptors (Lipinski definition) is 5. The lowest BCUT2D eigenvalue weighted by Gasteiger charge is -2.13. The van der Waals surface area contributed by atoms with Crippen LogP contribution in [0.1, 0.15) is 35.1 Å². The normalized spacial score (nSPS) is 10.7. The monoisotopic (exact) mass is 537 g/mol. The van der Waals surface area contributed by atoms with Gasteiger partial charge in [-0.15, -0.1) is 0 Å². The molecule has 35 heavy (non-hydrogen) atoms. The van der Waals surface area contributed by atoms with Crippen LogP contribution in [0.25, 0.3) is 0 Å². The number of ether oxygens (including phenoxy) is 2. The summed E-state index contributed by atoms with van der Waals surface area (Å²) in [6.07, 6.45) is 1.58. The average molecular weight is 538 g/mol. The summed E-state index contributed by atoms with van der Waals surface area (Å²) in [6.45, 7) is 4.28. The largest absolute Gasteiger partial charge is 0.493 e. The van der Waals surface area contributed by atoms with Crippen LogP contribution in [0.2, 0.25) is 0 Å². The first-order valence-electron chi connectivity index (χ1n) is 11.1. The molecule has 0 saturated heterocycles. The molecular formula is C27H28BrN3O4. The molecule has 0 aliphatic rings. The number of aryl methyl sites for hydroxylation is 2. The maximum Gasteiger partial charge on any atom is 0.240 e. The predicted molar refractivity (Wildman–Crippen MR) is 141 cm³/mol. The summed E-state index contributed by atoms with van der Waals surface area (Å²) >= 11 is 3.51. The Morgan fingerprint density at radius 2 is 1.74 bits per heavy atom. The molecule has 0 fully saturated rings. The Hall–Kier alpha value is -3.65. The lowest BCUT2D eigenvalue weighted by molar-refractivity contribution is -0.124. The fourth-order valence-electron chi connectivity index (χ4n) is 3.23. The number of anilines is 1. The van der Waals surface area contributed by atoms with E-state index in [-0.39, 0.29) is 24.7 Å². The lowest BCUT2D eigenvalue weighted by Crippen LogP contribution is -2.21. The molecule has 3 aromatic carbocycles. The number of nitrogens with zero attached hydrogens (tertiary/aromatic N) is 1. The van der Waals surface area contributed by atoms with E-state index < -0.39 is 0 Å². The number of methoxy groups -OCH3 is 1. The minimum absolute atomic E-state index is 0.0211. The molecule has 3 rings (SSSR count). The van der Waals surface area contributed by atoms with Gasteiger partial charge < -0.3 is 14.8 Å². The van der Waals surface area contributed by atoms with Crippen LogP contribution in [0.15, 0.2) is 70.2 Å². The van der Waals surface area contributed by atoms with Crippen molar-refractivity contribution in [1.29, 1.82) is 0 Å². The highest BCUT2D eigenvalue weighted by Gasteiger charge is 2.12. The van der Waals surface area contributed by atoms with Crippen LogP contribution in [0.4, 0.5) is 5.69 Å². The molecule has 3 aromatic rings. The highest BCUT2D eigenvalue weighted by Crippen LogP contribution is 2.36. The second kappa shape index (κ2) is 12.7. The van der Waals surface area contributed by atoms with E-state index in [4.69, 9.17) is 9.47 Å². The summed E-state index contributed by atoms with van der Waals surface area (Å²) in [5, 5.41) is 6.84. The zero-order chi connectivity index (χ0) is 25.2. The third kappa shape index (κ3) is 7.96. The molecule has 0 spiro atoms. The van der Waals surface area contributed by atoms with Crippen molar-refractivity contribution < 1.29 is 19.1 Å². The first-order valence-corrected chi connectivity index (χ1v) is 11.9. The molecule has 0 radical (unpaired) electrons. The highest BCUT2D eigenvalue weighted by molar-refractivity contribution is 9.10. The van der Waals surface area contributed by atoms with E-state index in [2.05, 4.69) is 31.8 Å². The highest BCUT2D eigenvalue weighted by atomic mass is 79.9. The van der Waals surface area contributed by atoms with Crippen LogP contribution in [-0.2, 0) is 16.2 Å². The first-order chi connectivity index (χ1) is 16.9. The van der Waals surface area contributed by atoms with Crippen LogP contribution < -0.4 is 20.2 Å². The second-order valence-corrected chi connectivity index (χ2v) is 8.82. The van der Waals surface area contributed by atoms with E-state index in [1.807, 2.05) is 68.4 Å². The van der Waals surface area contributed by atoms with Gasteiger partial charge in [0, 0.05) is 18.5 Å². The summed E-state index contributed by atoms with van der Waals surface area (Å²) < 4.78 is 12.1. The molecule has 0 aromatic heterocycles. The third-order valence-electron chi connectivity index (χ3n) is 5.13. The Balaban J connectivity index is 1.51. The number of halogens is 1. The molecule has 0 saturated carbocycles. The van der Waals surface area contributed by atoms with Crippen molar-refractivity contribution in [3.05, 3.63) is 87.4 Å². The molecule has 0 unspecified atom stereocenters. The van der Waals surface area contributed by atoms with Gasteiger partial charge in [0.1, 0.15) is 6.61 Å². The van der Waals surface area contributed by atoms with Crippen LogP contribution in [0.3, 0.4) is 0 Å². The van der Waals surface area contributed by atoms with Gasteiger partial charge in [-0.05, 0) is 70.2 Å². The van der Waals surface area contributed by atoms with Crippen molar-refractivity contribution in [1.82, 2.24) is 5.43 Å². The van der Waals surface area contributed by atoms with E-state index in [1.54, 1.807) is 13.2 Å². The molecule has 7 nitrogen and oxygen atoms in total. The van der Waals surface area contributed by atoms with Crippen molar-refractivity contribution in [3.8, 4) is 11.5 Å². The SMILES string of the molecule is COc1cc(C=NNC(=O)CCC(=O)Nc2cc(C)ccc2C)cc(Br)c1OCc1ccccc1. The fourth-order valence-corrected chi connectivity index (χ4v) is 3.80. The van der Waals surface area contributed by atoms with Crippen LogP contribution >= 0.6 is 15.9 Å². The van der Waals surface area contributed by atoms with Gasteiger partial charge in [0.25, 0.3) is 0 Å². The number of benzene rings is 3. The van der Waals surface area contributed by atoms with Crippen molar-refractivity contribution in [2.45, 2.75) is 33.3 Å². The Kier molecular flexibility index (Phi) is 9.43. The number of hydrazone groups is 1. The van der Waals surface area contributed by atoms with Gasteiger partial charge in [-0.25, -0.2) is 5.43 Å². The van der Waals surface area contributed by atoms with Gasteiger partial charge >= 0.3 is 0 Å². The van der Waals surface area contributed by atoms with E-state index in [0.717, 1.165) is 22.4 Å². The number of hydrogen-bond donors (Lipinski definition) is 2.